The van der Waals surface area contributed by atoms with E-state index in [0.29, 0.717) is 11.3 Å². The molecule has 7 nitrogen and oxygen atoms in total. The molecule has 0 radical (unpaired) electrons. The van der Waals surface area contributed by atoms with Crippen LogP contribution in [-0.2, 0) is 16.1 Å². The van der Waals surface area contributed by atoms with E-state index in [9.17, 15) is 14.7 Å². The normalized spacial score (nSPS) is 12.6. The van der Waals surface area contributed by atoms with Crippen LogP contribution in [0.15, 0.2) is 18.3 Å². The van der Waals surface area contributed by atoms with Gasteiger partial charge in [-0.05, 0) is 32.4 Å². The minimum Gasteiger partial charge on any atom is -0.481 e. The summed E-state index contributed by atoms with van der Waals surface area (Å²) in [5, 5.41) is 20.6. The van der Waals surface area contributed by atoms with Crippen molar-refractivity contribution in [3.05, 3.63) is 29.6 Å². The van der Waals surface area contributed by atoms with Crippen molar-refractivity contribution < 1.29 is 24.5 Å². The topological polar surface area (TPSA) is 109 Å². The van der Waals surface area contributed by atoms with Crippen molar-refractivity contribution in [3.8, 4) is 0 Å². The summed E-state index contributed by atoms with van der Waals surface area (Å²) in [5.41, 5.74) is 0.242. The number of carboxylic acid groups (broad SMARTS) is 1. The van der Waals surface area contributed by atoms with Gasteiger partial charge >= 0.3 is 12.1 Å². The number of aliphatic carboxylic acids is 1. The van der Waals surface area contributed by atoms with Gasteiger partial charge in [0, 0.05) is 12.7 Å². The molecule has 1 rings (SSSR count). The lowest BCUT2D eigenvalue weighted by molar-refractivity contribution is -0.138. The van der Waals surface area contributed by atoms with Crippen molar-refractivity contribution in [2.45, 2.75) is 38.9 Å². The van der Waals surface area contributed by atoms with E-state index in [2.05, 4.69) is 10.3 Å². The van der Waals surface area contributed by atoms with Crippen molar-refractivity contribution in [3.63, 3.8) is 0 Å². The molecule has 7 heteroatoms. The highest BCUT2D eigenvalue weighted by atomic mass is 16.6. The van der Waals surface area contributed by atoms with Gasteiger partial charge < -0.3 is 20.3 Å². The number of alkyl carbamates (subject to hydrolysis) is 1. The molecule has 1 amide bonds. The zero-order chi connectivity index (χ0) is 16.0. The number of carboxylic acids is 1. The second kappa shape index (κ2) is 7.03. The lowest BCUT2D eigenvalue weighted by Gasteiger charge is -2.21. The third-order valence-corrected chi connectivity index (χ3v) is 2.56. The van der Waals surface area contributed by atoms with E-state index in [0.717, 1.165) is 0 Å². The van der Waals surface area contributed by atoms with Gasteiger partial charge in [-0.3, -0.25) is 9.78 Å². The molecule has 0 aliphatic heterocycles. The van der Waals surface area contributed by atoms with E-state index in [1.165, 1.54) is 6.20 Å². The van der Waals surface area contributed by atoms with Crippen LogP contribution in [-0.4, -0.2) is 39.4 Å². The predicted octanol–water partition coefficient (Wildman–Crippen LogP) is 1.27. The molecule has 0 aromatic carbocycles. The van der Waals surface area contributed by atoms with Gasteiger partial charge in [-0.2, -0.15) is 0 Å². The van der Waals surface area contributed by atoms with Gasteiger partial charge in [0.15, 0.2) is 0 Å². The average Bonchev–Trinajstić information content (AvgIpc) is 2.37. The molecule has 21 heavy (non-hydrogen) atoms. The van der Waals surface area contributed by atoms with E-state index in [1.807, 2.05) is 0 Å². The maximum atomic E-state index is 11.5. The predicted molar refractivity (Wildman–Crippen MR) is 74.8 cm³/mol. The average molecular weight is 296 g/mol. The van der Waals surface area contributed by atoms with Gasteiger partial charge in [0.1, 0.15) is 11.5 Å². The second-order valence-electron chi connectivity index (χ2n) is 5.51. The molecule has 0 bridgehead atoms. The Morgan fingerprint density at radius 3 is 2.48 bits per heavy atom. The number of hydrogen-bond acceptors (Lipinski definition) is 5. The van der Waals surface area contributed by atoms with Crippen LogP contribution in [0.25, 0.3) is 0 Å². The number of aliphatic hydroxyl groups is 1. The number of hydrogen-bond donors (Lipinski definition) is 3. The minimum atomic E-state index is -1.08. The Labute approximate surface area is 123 Å². The highest BCUT2D eigenvalue weighted by Gasteiger charge is 2.23. The third kappa shape index (κ3) is 5.78. The van der Waals surface area contributed by atoms with Crippen molar-refractivity contribution in [1.82, 2.24) is 10.3 Å². The van der Waals surface area contributed by atoms with Crippen LogP contribution in [0.5, 0.6) is 0 Å². The molecule has 0 saturated heterocycles. The number of carbonyl (C=O) groups excluding carboxylic acids is 1. The van der Waals surface area contributed by atoms with Crippen LogP contribution in [0.3, 0.4) is 0 Å². The zero-order valence-corrected chi connectivity index (χ0v) is 12.3. The number of aromatic nitrogens is 1. The molecule has 1 unspecified atom stereocenters. The molecule has 1 aromatic heterocycles. The largest absolute Gasteiger partial charge is 0.481 e. The first-order valence-corrected chi connectivity index (χ1v) is 6.48. The number of aliphatic hydroxyl groups excluding tert-OH is 1. The van der Waals surface area contributed by atoms with Crippen molar-refractivity contribution in [2.75, 3.05) is 6.54 Å². The van der Waals surface area contributed by atoms with Crippen LogP contribution in [0.4, 0.5) is 4.79 Å². The first-order valence-electron chi connectivity index (χ1n) is 6.48. The van der Waals surface area contributed by atoms with Gasteiger partial charge in [0.25, 0.3) is 0 Å². The molecule has 1 aromatic rings. The standard InChI is InChI=1S/C14H20N2O5/c1-14(2,3)21-13(20)16-7-11(12(18)19)9-4-5-10(8-17)15-6-9/h4-6,11,17H,7-8H2,1-3H3,(H,16,20)(H,18,19). The molecule has 0 fully saturated rings. The van der Waals surface area contributed by atoms with Gasteiger partial charge in [-0.15, -0.1) is 0 Å². The highest BCUT2D eigenvalue weighted by molar-refractivity contribution is 5.77. The highest BCUT2D eigenvalue weighted by Crippen LogP contribution is 2.15. The first-order chi connectivity index (χ1) is 9.73. The van der Waals surface area contributed by atoms with Crippen molar-refractivity contribution in [1.29, 1.82) is 0 Å². The number of amides is 1. The van der Waals surface area contributed by atoms with Crippen LogP contribution in [0.2, 0.25) is 0 Å². The Morgan fingerprint density at radius 1 is 1.38 bits per heavy atom. The SMILES string of the molecule is CC(C)(C)OC(=O)NCC(C(=O)O)c1ccc(CO)nc1. The molecule has 1 atom stereocenters. The smallest absolute Gasteiger partial charge is 0.407 e. The van der Waals surface area contributed by atoms with Crippen LogP contribution >= 0.6 is 0 Å². The fourth-order valence-electron chi connectivity index (χ4n) is 1.58. The Morgan fingerprint density at radius 2 is 2.05 bits per heavy atom. The number of pyridine rings is 1. The lowest BCUT2D eigenvalue weighted by atomic mass is 10.0. The Hall–Kier alpha value is -2.15. The summed E-state index contributed by atoms with van der Waals surface area (Å²) in [7, 11) is 0. The molecule has 1 heterocycles. The van der Waals surface area contributed by atoms with Gasteiger partial charge in [0.05, 0.1) is 12.3 Å². The minimum absolute atomic E-state index is 0.107. The number of carbonyl (C=O) groups is 2. The van der Waals surface area contributed by atoms with E-state index in [4.69, 9.17) is 9.84 Å². The molecule has 116 valence electrons. The number of ether oxygens (including phenoxy) is 1. The molecule has 0 aliphatic carbocycles. The first kappa shape index (κ1) is 16.9. The van der Waals surface area contributed by atoms with Crippen molar-refractivity contribution >= 4 is 12.1 Å². The van der Waals surface area contributed by atoms with E-state index < -0.39 is 23.6 Å². The molecular formula is C14H20N2O5. The fourth-order valence-corrected chi connectivity index (χ4v) is 1.58. The monoisotopic (exact) mass is 296 g/mol. The molecule has 3 N–H and O–H groups in total. The Kier molecular flexibility index (Phi) is 5.66. The summed E-state index contributed by atoms with van der Waals surface area (Å²) < 4.78 is 5.05. The van der Waals surface area contributed by atoms with Crippen LogP contribution in [0, 0.1) is 0 Å². The van der Waals surface area contributed by atoms with E-state index >= 15 is 0 Å². The quantitative estimate of drug-likeness (QED) is 0.755. The number of nitrogens with one attached hydrogen (secondary N) is 1. The van der Waals surface area contributed by atoms with Gasteiger partial charge in [0.2, 0.25) is 0 Å². The van der Waals surface area contributed by atoms with Gasteiger partial charge in [-0.25, -0.2) is 4.79 Å². The Bertz CT molecular complexity index is 493. The summed E-state index contributed by atoms with van der Waals surface area (Å²) in [4.78, 5) is 26.8. The van der Waals surface area contributed by atoms with E-state index in [1.54, 1.807) is 32.9 Å². The molecule has 0 saturated carbocycles. The maximum absolute atomic E-state index is 11.5. The third-order valence-electron chi connectivity index (χ3n) is 2.56. The second-order valence-corrected chi connectivity index (χ2v) is 5.51. The molecule has 0 spiro atoms. The number of rotatable bonds is 5. The Balaban J connectivity index is 2.70. The zero-order valence-electron chi connectivity index (χ0n) is 12.3. The van der Waals surface area contributed by atoms with Gasteiger partial charge in [-0.1, -0.05) is 6.07 Å². The summed E-state index contributed by atoms with van der Waals surface area (Å²) in [6.07, 6.45) is 0.704. The maximum Gasteiger partial charge on any atom is 0.407 e. The summed E-state index contributed by atoms with van der Waals surface area (Å²) >= 11 is 0. The fraction of sp³-hybridized carbons (Fsp3) is 0.500. The number of nitrogens with zero attached hydrogens (tertiary/aromatic N) is 1. The van der Waals surface area contributed by atoms with E-state index in [-0.39, 0.29) is 13.2 Å². The summed E-state index contributed by atoms with van der Waals surface area (Å²) in [6, 6.07) is 3.10. The lowest BCUT2D eigenvalue weighted by Crippen LogP contribution is -2.36. The molecular weight excluding hydrogens is 276 g/mol. The summed E-state index contributed by atoms with van der Waals surface area (Å²) in [5.74, 6) is -2.01. The van der Waals surface area contributed by atoms with Crippen LogP contribution in [0.1, 0.15) is 37.9 Å². The summed E-state index contributed by atoms with van der Waals surface area (Å²) in [6.45, 7) is 4.84. The van der Waals surface area contributed by atoms with Crippen molar-refractivity contribution in [2.24, 2.45) is 0 Å². The molecule has 0 aliphatic rings. The van der Waals surface area contributed by atoms with Crippen LogP contribution < -0.4 is 5.32 Å².